The Morgan fingerprint density at radius 1 is 1.20 bits per heavy atom. The lowest BCUT2D eigenvalue weighted by atomic mass is 10.3. The minimum Gasteiger partial charge on any atom is -0.383 e. The number of primary sulfonamides is 1. The molecule has 1 aromatic carbocycles. The monoisotopic (exact) mass is 317 g/mol. The van der Waals surface area contributed by atoms with Crippen LogP contribution in [-0.4, -0.2) is 27.0 Å². The summed E-state index contributed by atoms with van der Waals surface area (Å²) in [5.41, 5.74) is 5.47. The first-order valence-corrected chi connectivity index (χ1v) is 8.17. The zero-order valence-corrected chi connectivity index (χ0v) is 11.6. The van der Waals surface area contributed by atoms with Gasteiger partial charge in [0.05, 0.1) is 16.8 Å². The quantitative estimate of drug-likeness (QED) is 0.591. The highest BCUT2D eigenvalue weighted by Gasteiger charge is 2.20. The molecule has 0 bridgehead atoms. The van der Waals surface area contributed by atoms with Crippen LogP contribution in [0.15, 0.2) is 40.3 Å². The van der Waals surface area contributed by atoms with Gasteiger partial charge < -0.3 is 5.73 Å². The SMILES string of the molecule is Nc1[nH]ncc1S(=O)(=O)Nc1cccc(S(N)(=O)=O)c1. The Kier molecular flexibility index (Phi) is 3.41. The van der Waals surface area contributed by atoms with Crippen molar-refractivity contribution in [3.63, 3.8) is 0 Å². The first-order valence-electron chi connectivity index (χ1n) is 5.15. The van der Waals surface area contributed by atoms with E-state index in [0.29, 0.717) is 0 Å². The zero-order chi connectivity index (χ0) is 15.0. The average Bonchev–Trinajstić information content (AvgIpc) is 2.75. The zero-order valence-electron chi connectivity index (χ0n) is 9.94. The second kappa shape index (κ2) is 4.77. The molecule has 0 unspecified atom stereocenters. The molecule has 0 aliphatic rings. The van der Waals surface area contributed by atoms with Gasteiger partial charge in [-0.25, -0.2) is 22.0 Å². The predicted molar refractivity (Wildman–Crippen MR) is 71.6 cm³/mol. The molecule has 6 N–H and O–H groups in total. The first-order chi connectivity index (χ1) is 9.20. The molecule has 0 amide bonds. The summed E-state index contributed by atoms with van der Waals surface area (Å²) in [6.45, 7) is 0. The van der Waals surface area contributed by atoms with E-state index in [4.69, 9.17) is 10.9 Å². The van der Waals surface area contributed by atoms with Crippen molar-refractivity contribution in [2.45, 2.75) is 9.79 Å². The number of rotatable bonds is 4. The van der Waals surface area contributed by atoms with Crippen LogP contribution in [0, 0.1) is 0 Å². The molecule has 1 heterocycles. The summed E-state index contributed by atoms with van der Waals surface area (Å²) in [7, 11) is -7.89. The highest BCUT2D eigenvalue weighted by atomic mass is 32.2. The molecule has 20 heavy (non-hydrogen) atoms. The van der Waals surface area contributed by atoms with Crippen molar-refractivity contribution >= 4 is 31.6 Å². The number of H-pyrrole nitrogens is 1. The van der Waals surface area contributed by atoms with Gasteiger partial charge >= 0.3 is 0 Å². The second-order valence-electron chi connectivity index (χ2n) is 3.83. The van der Waals surface area contributed by atoms with E-state index in [9.17, 15) is 16.8 Å². The minimum absolute atomic E-state index is 0.0390. The molecule has 0 saturated carbocycles. The molecule has 0 saturated heterocycles. The predicted octanol–water partition coefficient (Wildman–Crippen LogP) is -0.560. The maximum atomic E-state index is 12.0. The lowest BCUT2D eigenvalue weighted by Gasteiger charge is -2.08. The van der Waals surface area contributed by atoms with Gasteiger partial charge in [-0.05, 0) is 18.2 Å². The van der Waals surface area contributed by atoms with Crippen molar-refractivity contribution in [3.8, 4) is 0 Å². The molecule has 0 radical (unpaired) electrons. The molecule has 1 aromatic heterocycles. The van der Waals surface area contributed by atoms with E-state index >= 15 is 0 Å². The van der Waals surface area contributed by atoms with E-state index in [1.54, 1.807) is 0 Å². The van der Waals surface area contributed by atoms with Gasteiger partial charge in [0.1, 0.15) is 10.7 Å². The van der Waals surface area contributed by atoms with Crippen LogP contribution in [0.3, 0.4) is 0 Å². The Hall–Kier alpha value is -2.11. The average molecular weight is 317 g/mol. The van der Waals surface area contributed by atoms with E-state index in [2.05, 4.69) is 14.9 Å². The van der Waals surface area contributed by atoms with Crippen LogP contribution in [0.25, 0.3) is 0 Å². The third-order valence-electron chi connectivity index (χ3n) is 2.34. The largest absolute Gasteiger partial charge is 0.383 e. The van der Waals surface area contributed by atoms with E-state index in [-0.39, 0.29) is 21.3 Å². The maximum Gasteiger partial charge on any atom is 0.267 e. The van der Waals surface area contributed by atoms with Gasteiger partial charge in [-0.1, -0.05) is 6.07 Å². The van der Waals surface area contributed by atoms with Crippen LogP contribution < -0.4 is 15.6 Å². The van der Waals surface area contributed by atoms with Crippen molar-refractivity contribution in [2.24, 2.45) is 5.14 Å². The molecule has 0 aliphatic carbocycles. The summed E-state index contributed by atoms with van der Waals surface area (Å²) in [5.74, 6) is -0.125. The Morgan fingerprint density at radius 2 is 1.90 bits per heavy atom. The number of hydrogen-bond donors (Lipinski definition) is 4. The summed E-state index contributed by atoms with van der Waals surface area (Å²) in [5, 5.41) is 10.8. The summed E-state index contributed by atoms with van der Waals surface area (Å²) in [6.07, 6.45) is 1.04. The van der Waals surface area contributed by atoms with Gasteiger partial charge in [0.25, 0.3) is 10.0 Å². The van der Waals surface area contributed by atoms with E-state index < -0.39 is 20.0 Å². The van der Waals surface area contributed by atoms with E-state index in [1.807, 2.05) is 0 Å². The van der Waals surface area contributed by atoms with Crippen LogP contribution >= 0.6 is 0 Å². The van der Waals surface area contributed by atoms with Gasteiger partial charge in [0.15, 0.2) is 0 Å². The van der Waals surface area contributed by atoms with E-state index in [0.717, 1.165) is 12.3 Å². The van der Waals surface area contributed by atoms with Gasteiger partial charge in [0, 0.05) is 0 Å². The number of aromatic amines is 1. The van der Waals surface area contributed by atoms with Crippen LogP contribution in [0.1, 0.15) is 0 Å². The van der Waals surface area contributed by atoms with Crippen molar-refractivity contribution in [2.75, 3.05) is 10.5 Å². The lowest BCUT2D eigenvalue weighted by Crippen LogP contribution is -2.15. The number of nitrogens with one attached hydrogen (secondary N) is 2. The number of anilines is 2. The maximum absolute atomic E-state index is 12.0. The molecule has 0 spiro atoms. The molecule has 11 heteroatoms. The number of hydrogen-bond acceptors (Lipinski definition) is 6. The smallest absolute Gasteiger partial charge is 0.267 e. The Labute approximate surface area is 115 Å². The number of sulfonamides is 2. The van der Waals surface area contributed by atoms with Gasteiger partial charge in [0.2, 0.25) is 10.0 Å². The first kappa shape index (κ1) is 14.3. The molecular weight excluding hydrogens is 306 g/mol. The third kappa shape index (κ3) is 2.89. The van der Waals surface area contributed by atoms with Crippen molar-refractivity contribution in [1.29, 1.82) is 0 Å². The van der Waals surface area contributed by atoms with Crippen molar-refractivity contribution in [3.05, 3.63) is 30.5 Å². The molecule has 108 valence electrons. The molecule has 9 nitrogen and oxygen atoms in total. The fourth-order valence-corrected chi connectivity index (χ4v) is 3.08. The molecule has 0 aliphatic heterocycles. The number of nitrogen functional groups attached to an aromatic ring is 1. The lowest BCUT2D eigenvalue weighted by molar-refractivity contribution is 0.596. The number of benzene rings is 1. The normalized spacial score (nSPS) is 12.2. The number of aromatic nitrogens is 2. The summed E-state index contributed by atoms with van der Waals surface area (Å²) >= 11 is 0. The number of nitrogens with zero attached hydrogens (tertiary/aromatic N) is 1. The fourth-order valence-electron chi connectivity index (χ4n) is 1.45. The minimum atomic E-state index is -3.97. The molecular formula is C9H11N5O4S2. The highest BCUT2D eigenvalue weighted by molar-refractivity contribution is 7.93. The molecule has 2 aromatic rings. The van der Waals surface area contributed by atoms with Gasteiger partial charge in [-0.3, -0.25) is 9.82 Å². The van der Waals surface area contributed by atoms with Crippen molar-refractivity contribution < 1.29 is 16.8 Å². The molecule has 0 fully saturated rings. The Morgan fingerprint density at radius 3 is 2.45 bits per heavy atom. The van der Waals surface area contributed by atoms with Crippen LogP contribution in [-0.2, 0) is 20.0 Å². The Bertz CT molecular complexity index is 841. The van der Waals surface area contributed by atoms with Gasteiger partial charge in [-0.15, -0.1) is 0 Å². The summed E-state index contributed by atoms with van der Waals surface area (Å²) in [6, 6.07) is 5.08. The topological polar surface area (TPSA) is 161 Å². The number of nitrogens with two attached hydrogens (primary N) is 2. The Balaban J connectivity index is 2.38. The highest BCUT2D eigenvalue weighted by Crippen LogP contribution is 2.20. The van der Waals surface area contributed by atoms with Gasteiger partial charge in [-0.2, -0.15) is 5.10 Å². The van der Waals surface area contributed by atoms with Crippen LogP contribution in [0.2, 0.25) is 0 Å². The third-order valence-corrected chi connectivity index (χ3v) is 4.66. The summed E-state index contributed by atoms with van der Waals surface area (Å²) in [4.78, 5) is -0.448. The fraction of sp³-hybridized carbons (Fsp3) is 0. The molecule has 2 rings (SSSR count). The summed E-state index contributed by atoms with van der Waals surface area (Å²) < 4.78 is 48.6. The molecule has 0 atom stereocenters. The van der Waals surface area contributed by atoms with E-state index in [1.165, 1.54) is 18.2 Å². The van der Waals surface area contributed by atoms with Crippen LogP contribution in [0.5, 0.6) is 0 Å². The standard InChI is InChI=1S/C9H11N5O4S2/c10-9-8(5-12-13-9)20(17,18)14-6-2-1-3-7(4-6)19(11,15)16/h1-5,14H,(H3,10,12,13)(H2,11,15,16). The second-order valence-corrected chi connectivity index (χ2v) is 7.04. The van der Waals surface area contributed by atoms with Crippen molar-refractivity contribution in [1.82, 2.24) is 10.2 Å². The van der Waals surface area contributed by atoms with Crippen LogP contribution in [0.4, 0.5) is 11.5 Å².